The Hall–Kier alpha value is 0.447. The molecule has 0 atom stereocenters. The van der Waals surface area contributed by atoms with Gasteiger partial charge in [-0.2, -0.15) is 0 Å². The van der Waals surface area contributed by atoms with Gasteiger partial charge in [0, 0.05) is 13.8 Å². The van der Waals surface area contributed by atoms with Crippen LogP contribution in [-0.2, 0) is 0 Å². The molecule has 0 aliphatic heterocycles. The second-order valence-electron chi connectivity index (χ2n) is 2.50. The SMILES string of the molecule is [Si]CCCOc1cccc(I)c1Br. The van der Waals surface area contributed by atoms with Crippen molar-refractivity contribution in [2.24, 2.45) is 0 Å². The van der Waals surface area contributed by atoms with Crippen LogP contribution in [0.25, 0.3) is 0 Å². The van der Waals surface area contributed by atoms with Crippen molar-refractivity contribution in [3.8, 4) is 5.75 Å². The largest absolute Gasteiger partial charge is 0.492 e. The normalized spacial score (nSPS) is 10.1. The highest BCUT2D eigenvalue weighted by Gasteiger charge is 2.03. The number of hydrogen-bond acceptors (Lipinski definition) is 1. The van der Waals surface area contributed by atoms with Crippen molar-refractivity contribution in [3.05, 3.63) is 26.2 Å². The molecule has 0 aliphatic rings. The van der Waals surface area contributed by atoms with Crippen LogP contribution in [0.4, 0.5) is 0 Å². The third-order valence-corrected chi connectivity index (χ3v) is 4.31. The molecule has 0 aliphatic carbocycles. The molecule has 0 saturated heterocycles. The van der Waals surface area contributed by atoms with Crippen LogP contribution in [0, 0.1) is 3.57 Å². The lowest BCUT2D eigenvalue weighted by Gasteiger charge is -2.07. The average Bonchev–Trinajstić information content (AvgIpc) is 2.13. The van der Waals surface area contributed by atoms with E-state index in [1.54, 1.807) is 0 Å². The lowest BCUT2D eigenvalue weighted by Crippen LogP contribution is -1.97. The van der Waals surface area contributed by atoms with E-state index in [0.29, 0.717) is 0 Å². The second-order valence-corrected chi connectivity index (χ2v) is 4.96. The summed E-state index contributed by atoms with van der Waals surface area (Å²) in [5.74, 6) is 0.923. The van der Waals surface area contributed by atoms with Crippen LogP contribution in [0.1, 0.15) is 6.42 Å². The van der Waals surface area contributed by atoms with Crippen LogP contribution < -0.4 is 4.74 Å². The Morgan fingerprint density at radius 2 is 2.23 bits per heavy atom. The summed E-state index contributed by atoms with van der Waals surface area (Å²) in [6.45, 7) is 0.752. The zero-order chi connectivity index (χ0) is 9.68. The molecule has 1 aromatic rings. The van der Waals surface area contributed by atoms with Gasteiger partial charge in [-0.25, -0.2) is 0 Å². The van der Waals surface area contributed by atoms with E-state index in [1.165, 1.54) is 3.57 Å². The molecule has 69 valence electrons. The van der Waals surface area contributed by atoms with Gasteiger partial charge in [0.2, 0.25) is 0 Å². The van der Waals surface area contributed by atoms with Gasteiger partial charge < -0.3 is 4.74 Å². The molecule has 0 spiro atoms. The smallest absolute Gasteiger partial charge is 0.134 e. The minimum atomic E-state index is 0.752. The van der Waals surface area contributed by atoms with Crippen LogP contribution >= 0.6 is 38.5 Å². The zero-order valence-electron chi connectivity index (χ0n) is 7.02. The van der Waals surface area contributed by atoms with Gasteiger partial charge in [0.1, 0.15) is 5.75 Å². The molecular formula is C9H9BrIOSi. The van der Waals surface area contributed by atoms with Crippen LogP contribution in [0.2, 0.25) is 6.04 Å². The van der Waals surface area contributed by atoms with Crippen molar-refractivity contribution in [3.63, 3.8) is 0 Å². The van der Waals surface area contributed by atoms with E-state index in [2.05, 4.69) is 48.8 Å². The number of hydrogen-bond donors (Lipinski definition) is 0. The molecule has 0 fully saturated rings. The summed E-state index contributed by atoms with van der Waals surface area (Å²) < 4.78 is 7.80. The summed E-state index contributed by atoms with van der Waals surface area (Å²) in [6.07, 6.45) is 1.02. The molecule has 13 heavy (non-hydrogen) atoms. The third kappa shape index (κ3) is 3.59. The minimum Gasteiger partial charge on any atom is -0.492 e. The number of ether oxygens (including phenoxy) is 1. The molecule has 0 saturated carbocycles. The average molecular weight is 368 g/mol. The molecule has 0 aromatic heterocycles. The Labute approximate surface area is 104 Å². The topological polar surface area (TPSA) is 9.23 Å². The fraction of sp³-hybridized carbons (Fsp3) is 0.333. The molecule has 0 N–H and O–H groups in total. The second kappa shape index (κ2) is 6.03. The van der Waals surface area contributed by atoms with E-state index in [1.807, 2.05) is 18.2 Å². The molecule has 0 amide bonds. The van der Waals surface area contributed by atoms with E-state index in [0.717, 1.165) is 29.3 Å². The summed E-state index contributed by atoms with van der Waals surface area (Å²) >= 11 is 5.76. The summed E-state index contributed by atoms with van der Waals surface area (Å²) in [5, 5.41) is 0. The van der Waals surface area contributed by atoms with E-state index >= 15 is 0 Å². The zero-order valence-corrected chi connectivity index (χ0v) is 11.8. The van der Waals surface area contributed by atoms with E-state index in [9.17, 15) is 0 Å². The molecule has 0 unspecified atom stereocenters. The predicted octanol–water partition coefficient (Wildman–Crippen LogP) is 3.41. The van der Waals surface area contributed by atoms with Crippen molar-refractivity contribution < 1.29 is 4.74 Å². The van der Waals surface area contributed by atoms with Crippen LogP contribution in [0.15, 0.2) is 22.7 Å². The lowest BCUT2D eigenvalue weighted by atomic mass is 10.3. The first-order valence-electron chi connectivity index (χ1n) is 3.97. The first kappa shape index (κ1) is 11.5. The molecule has 0 heterocycles. The highest BCUT2D eigenvalue weighted by atomic mass is 127. The first-order chi connectivity index (χ1) is 6.25. The Morgan fingerprint density at radius 1 is 1.46 bits per heavy atom. The maximum atomic E-state index is 5.58. The van der Waals surface area contributed by atoms with Crippen molar-refractivity contribution in [1.29, 1.82) is 0 Å². The van der Waals surface area contributed by atoms with Crippen molar-refractivity contribution >= 4 is 48.8 Å². The number of rotatable bonds is 4. The monoisotopic (exact) mass is 367 g/mol. The number of benzene rings is 1. The van der Waals surface area contributed by atoms with E-state index < -0.39 is 0 Å². The van der Waals surface area contributed by atoms with Crippen molar-refractivity contribution in [2.75, 3.05) is 6.61 Å². The van der Waals surface area contributed by atoms with Gasteiger partial charge in [-0.1, -0.05) is 12.1 Å². The lowest BCUT2D eigenvalue weighted by molar-refractivity contribution is 0.315. The van der Waals surface area contributed by atoms with Crippen LogP contribution in [-0.4, -0.2) is 16.8 Å². The molecular weight excluding hydrogens is 359 g/mol. The number of halogens is 2. The molecule has 1 aromatic carbocycles. The van der Waals surface area contributed by atoms with E-state index in [-0.39, 0.29) is 0 Å². The van der Waals surface area contributed by atoms with Gasteiger partial charge in [-0.05, 0) is 57.1 Å². The van der Waals surface area contributed by atoms with Crippen molar-refractivity contribution in [1.82, 2.24) is 0 Å². The van der Waals surface area contributed by atoms with Gasteiger partial charge in [0.25, 0.3) is 0 Å². The predicted molar refractivity (Wildman–Crippen MR) is 67.5 cm³/mol. The maximum absolute atomic E-state index is 5.58. The van der Waals surface area contributed by atoms with Gasteiger partial charge in [-0.3, -0.25) is 0 Å². The standard InChI is InChI=1S/C9H9BrIOSi/c10-9-7(11)3-1-4-8(9)12-5-2-6-13/h1,3-4H,2,5-6H2. The molecule has 1 rings (SSSR count). The summed E-state index contributed by atoms with van der Waals surface area (Å²) in [4.78, 5) is 0. The summed E-state index contributed by atoms with van der Waals surface area (Å²) in [5.41, 5.74) is 0. The first-order valence-corrected chi connectivity index (χ1v) is 6.55. The highest BCUT2D eigenvalue weighted by Crippen LogP contribution is 2.29. The molecule has 3 radical (unpaired) electrons. The Bertz CT molecular complexity index is 280. The Balaban J connectivity index is 2.61. The van der Waals surface area contributed by atoms with E-state index in [4.69, 9.17) is 4.74 Å². The van der Waals surface area contributed by atoms with Crippen LogP contribution in [0.5, 0.6) is 5.75 Å². The molecule has 0 bridgehead atoms. The fourth-order valence-corrected chi connectivity index (χ4v) is 1.85. The van der Waals surface area contributed by atoms with Crippen molar-refractivity contribution in [2.45, 2.75) is 12.5 Å². The molecule has 4 heteroatoms. The maximum Gasteiger partial charge on any atom is 0.134 e. The van der Waals surface area contributed by atoms with Crippen LogP contribution in [0.3, 0.4) is 0 Å². The summed E-state index contributed by atoms with van der Waals surface area (Å²) in [7, 11) is 3.41. The summed E-state index contributed by atoms with van der Waals surface area (Å²) in [6, 6.07) is 6.98. The quantitative estimate of drug-likeness (QED) is 0.450. The fourth-order valence-electron chi connectivity index (χ4n) is 0.850. The van der Waals surface area contributed by atoms with Gasteiger partial charge in [-0.15, -0.1) is 0 Å². The third-order valence-electron chi connectivity index (χ3n) is 1.49. The minimum absolute atomic E-state index is 0.752. The Kier molecular flexibility index (Phi) is 5.34. The highest BCUT2D eigenvalue weighted by molar-refractivity contribution is 14.1. The Morgan fingerprint density at radius 3 is 2.92 bits per heavy atom. The van der Waals surface area contributed by atoms with Gasteiger partial charge in [0.15, 0.2) is 0 Å². The van der Waals surface area contributed by atoms with Gasteiger partial charge in [0.05, 0.1) is 11.1 Å². The van der Waals surface area contributed by atoms with Gasteiger partial charge >= 0.3 is 0 Å². The molecule has 1 nitrogen and oxygen atoms in total.